The molecule has 1 aliphatic rings. The second-order valence-corrected chi connectivity index (χ2v) is 11.9. The SMILES string of the molecule is CCOc1cc([C@@H]2NC(=O)NC(C)=C2C(=O)OC)ccc1OC[C@@H](O)N/N=C/c1cc(C)n(-c2ccc(OCc3ccccc3Cl)cc2)c1C. The Morgan fingerprint density at radius 2 is 1.80 bits per heavy atom. The second-order valence-electron chi connectivity index (χ2n) is 11.5. The number of allylic oxidation sites excluding steroid dienone is 1. The largest absolute Gasteiger partial charge is 0.490 e. The van der Waals surface area contributed by atoms with Crippen molar-refractivity contribution in [3.63, 3.8) is 0 Å². The van der Waals surface area contributed by atoms with Crippen LogP contribution in [0, 0.1) is 13.8 Å². The standard InChI is InChI=1S/C37H40ClN5O7/c1-6-48-32-18-25(35-34(36(45)47-5)23(3)40-37(46)41-35)11-16-31(32)50-21-33(44)42-39-19-27-17-22(2)43(24(27)4)28-12-14-29(15-13-28)49-20-26-9-7-8-10-30(26)38/h7-19,33,35,42,44H,6,20-21H2,1-5H3,(H2,40,41,46)/b39-19+/t33-,35+/m1/s1. The minimum absolute atomic E-state index is 0.142. The van der Waals surface area contributed by atoms with E-state index in [1.807, 2.05) is 75.4 Å². The normalized spacial score (nSPS) is 14.9. The van der Waals surface area contributed by atoms with Gasteiger partial charge in [-0.2, -0.15) is 5.10 Å². The van der Waals surface area contributed by atoms with Gasteiger partial charge in [0.1, 0.15) is 19.0 Å². The molecule has 2 amide bonds. The van der Waals surface area contributed by atoms with Gasteiger partial charge in [-0.1, -0.05) is 35.9 Å². The van der Waals surface area contributed by atoms with Crippen LogP contribution in [-0.2, 0) is 16.1 Å². The molecule has 2 atom stereocenters. The number of rotatable bonds is 14. The third-order valence-corrected chi connectivity index (χ3v) is 8.39. The minimum atomic E-state index is -1.14. The molecule has 0 spiro atoms. The summed E-state index contributed by atoms with van der Waals surface area (Å²) in [4.78, 5) is 24.7. The third kappa shape index (κ3) is 8.39. The summed E-state index contributed by atoms with van der Waals surface area (Å²) in [5, 5.41) is 20.9. The summed E-state index contributed by atoms with van der Waals surface area (Å²) in [6.45, 7) is 8.03. The van der Waals surface area contributed by atoms with Gasteiger partial charge in [0.2, 0.25) is 0 Å². The van der Waals surface area contributed by atoms with Crippen LogP contribution in [0.4, 0.5) is 4.79 Å². The fourth-order valence-electron chi connectivity index (χ4n) is 5.60. The fourth-order valence-corrected chi connectivity index (χ4v) is 5.79. The number of hydrogen-bond donors (Lipinski definition) is 4. The Morgan fingerprint density at radius 1 is 1.04 bits per heavy atom. The van der Waals surface area contributed by atoms with Crippen molar-refractivity contribution in [1.29, 1.82) is 0 Å². The molecular weight excluding hydrogens is 662 g/mol. The van der Waals surface area contributed by atoms with Crippen LogP contribution in [0.3, 0.4) is 0 Å². The summed E-state index contributed by atoms with van der Waals surface area (Å²) >= 11 is 6.25. The molecule has 1 aliphatic heterocycles. The van der Waals surface area contributed by atoms with Gasteiger partial charge in [-0.25, -0.2) is 9.59 Å². The van der Waals surface area contributed by atoms with Gasteiger partial charge in [-0.15, -0.1) is 0 Å². The lowest BCUT2D eigenvalue weighted by atomic mass is 9.95. The molecule has 0 bridgehead atoms. The number of aryl methyl sites for hydroxylation is 1. The van der Waals surface area contributed by atoms with Gasteiger partial charge in [0, 0.05) is 38.9 Å². The molecule has 0 radical (unpaired) electrons. The third-order valence-electron chi connectivity index (χ3n) is 8.02. The van der Waals surface area contributed by atoms with Gasteiger partial charge in [0.05, 0.1) is 31.5 Å². The van der Waals surface area contributed by atoms with Gasteiger partial charge < -0.3 is 39.3 Å². The Hall–Kier alpha value is -5.46. The predicted molar refractivity (Wildman–Crippen MR) is 190 cm³/mol. The summed E-state index contributed by atoms with van der Waals surface area (Å²) < 4.78 is 24.6. The molecule has 50 heavy (non-hydrogen) atoms. The fraction of sp³-hybridized carbons (Fsp3) is 0.270. The molecule has 0 saturated carbocycles. The van der Waals surface area contributed by atoms with Crippen LogP contribution in [0.5, 0.6) is 17.2 Å². The smallest absolute Gasteiger partial charge is 0.337 e. The molecular formula is C37H40ClN5O7. The van der Waals surface area contributed by atoms with E-state index in [0.29, 0.717) is 41.0 Å². The van der Waals surface area contributed by atoms with Crippen LogP contribution in [0.2, 0.25) is 5.02 Å². The number of benzene rings is 3. The van der Waals surface area contributed by atoms with Gasteiger partial charge in [-0.3, -0.25) is 5.43 Å². The molecule has 0 fully saturated rings. The average molecular weight is 702 g/mol. The number of hydrazone groups is 1. The maximum absolute atomic E-state index is 12.5. The highest BCUT2D eigenvalue weighted by Crippen LogP contribution is 2.35. The first-order valence-electron chi connectivity index (χ1n) is 16.0. The topological polar surface area (TPSA) is 145 Å². The number of hydrogen-bond acceptors (Lipinski definition) is 9. The quantitative estimate of drug-likeness (QED) is 0.0555. The van der Waals surface area contributed by atoms with Gasteiger partial charge >= 0.3 is 12.0 Å². The highest BCUT2D eigenvalue weighted by Gasteiger charge is 2.32. The van der Waals surface area contributed by atoms with Crippen molar-refractivity contribution in [2.45, 2.75) is 46.6 Å². The summed E-state index contributed by atoms with van der Waals surface area (Å²) in [7, 11) is 1.28. The summed E-state index contributed by atoms with van der Waals surface area (Å²) in [5.74, 6) is 0.908. The van der Waals surface area contributed by atoms with Crippen LogP contribution in [-0.4, -0.2) is 54.4 Å². The van der Waals surface area contributed by atoms with E-state index in [2.05, 4.69) is 25.7 Å². The zero-order valence-electron chi connectivity index (χ0n) is 28.5. The molecule has 0 unspecified atom stereocenters. The maximum atomic E-state index is 12.5. The molecule has 4 N–H and O–H groups in total. The van der Waals surface area contributed by atoms with Crippen molar-refractivity contribution >= 4 is 29.8 Å². The predicted octanol–water partition coefficient (Wildman–Crippen LogP) is 5.85. The Balaban J connectivity index is 1.20. The number of carbonyl (C=O) groups excluding carboxylic acids is 2. The number of carbonyl (C=O) groups is 2. The number of methoxy groups -OCH3 is 1. The number of nitrogens with zero attached hydrogens (tertiary/aromatic N) is 2. The number of nitrogens with one attached hydrogen (secondary N) is 3. The highest BCUT2D eigenvalue weighted by atomic mass is 35.5. The zero-order valence-corrected chi connectivity index (χ0v) is 29.2. The molecule has 0 saturated heterocycles. The Morgan fingerprint density at radius 3 is 2.52 bits per heavy atom. The van der Waals surface area contributed by atoms with Gasteiger partial charge in [0.15, 0.2) is 17.7 Å². The van der Waals surface area contributed by atoms with Crippen LogP contribution >= 0.6 is 11.6 Å². The van der Waals surface area contributed by atoms with E-state index in [1.165, 1.54) is 7.11 Å². The van der Waals surface area contributed by atoms with E-state index in [0.717, 1.165) is 34.0 Å². The minimum Gasteiger partial charge on any atom is -0.490 e. The van der Waals surface area contributed by atoms with E-state index < -0.39 is 24.3 Å². The Kier molecular flexibility index (Phi) is 11.7. The number of aliphatic hydroxyl groups excluding tert-OH is 1. The first-order chi connectivity index (χ1) is 24.1. The first-order valence-corrected chi connectivity index (χ1v) is 16.4. The van der Waals surface area contributed by atoms with E-state index >= 15 is 0 Å². The van der Waals surface area contributed by atoms with Crippen molar-refractivity contribution < 1.29 is 33.6 Å². The van der Waals surface area contributed by atoms with Crippen molar-refractivity contribution in [1.82, 2.24) is 20.6 Å². The molecule has 4 aromatic rings. The lowest BCUT2D eigenvalue weighted by molar-refractivity contribution is -0.136. The zero-order chi connectivity index (χ0) is 35.8. The molecule has 2 heterocycles. The number of esters is 1. The van der Waals surface area contributed by atoms with Crippen LogP contribution < -0.4 is 30.3 Å². The van der Waals surface area contributed by atoms with Crippen molar-refractivity contribution in [2.75, 3.05) is 20.3 Å². The number of aliphatic hydroxyl groups is 1. The molecule has 5 rings (SSSR count). The molecule has 262 valence electrons. The molecule has 3 aromatic carbocycles. The van der Waals surface area contributed by atoms with Crippen LogP contribution in [0.15, 0.2) is 89.2 Å². The Labute approximate surface area is 295 Å². The average Bonchev–Trinajstić information content (AvgIpc) is 3.38. The number of aromatic nitrogens is 1. The lowest BCUT2D eigenvalue weighted by Gasteiger charge is -2.28. The molecule has 13 heteroatoms. The van der Waals surface area contributed by atoms with Crippen LogP contribution in [0.25, 0.3) is 5.69 Å². The molecule has 12 nitrogen and oxygen atoms in total. The monoisotopic (exact) mass is 701 g/mol. The van der Waals surface area contributed by atoms with Gasteiger partial charge in [0.25, 0.3) is 0 Å². The first kappa shape index (κ1) is 35.8. The van der Waals surface area contributed by atoms with Crippen molar-refractivity contribution in [3.05, 3.63) is 117 Å². The number of ether oxygens (including phenoxy) is 4. The van der Waals surface area contributed by atoms with Crippen LogP contribution in [0.1, 0.15) is 48.0 Å². The summed E-state index contributed by atoms with van der Waals surface area (Å²) in [6, 6.07) is 21.3. The lowest BCUT2D eigenvalue weighted by Crippen LogP contribution is -2.45. The summed E-state index contributed by atoms with van der Waals surface area (Å²) in [6.07, 6.45) is 0.507. The molecule has 0 aliphatic carbocycles. The van der Waals surface area contributed by atoms with Crippen molar-refractivity contribution in [2.24, 2.45) is 5.10 Å². The summed E-state index contributed by atoms with van der Waals surface area (Å²) in [5.41, 5.74) is 8.70. The van der Waals surface area contributed by atoms with E-state index in [-0.39, 0.29) is 12.2 Å². The number of amides is 2. The highest BCUT2D eigenvalue weighted by molar-refractivity contribution is 6.31. The maximum Gasteiger partial charge on any atom is 0.337 e. The second kappa shape index (κ2) is 16.3. The Bertz CT molecular complexity index is 1900. The molecule has 1 aromatic heterocycles. The van der Waals surface area contributed by atoms with Gasteiger partial charge in [-0.05, 0) is 81.8 Å². The van der Waals surface area contributed by atoms with E-state index in [9.17, 15) is 14.7 Å². The number of halogens is 1. The van der Waals surface area contributed by atoms with E-state index in [1.54, 1.807) is 31.3 Å². The number of urea groups is 1. The van der Waals surface area contributed by atoms with Crippen molar-refractivity contribution in [3.8, 4) is 22.9 Å². The van der Waals surface area contributed by atoms with E-state index in [4.69, 9.17) is 30.5 Å².